The van der Waals surface area contributed by atoms with Crippen molar-refractivity contribution in [2.75, 3.05) is 0 Å². The monoisotopic (exact) mass is 757 g/mol. The van der Waals surface area contributed by atoms with E-state index in [1.54, 1.807) is 0 Å². The lowest BCUT2D eigenvalue weighted by Gasteiger charge is -2.15. The van der Waals surface area contributed by atoms with Crippen LogP contribution < -0.4 is 0 Å². The number of nitrogens with zero attached hydrogens (tertiary/aromatic N) is 3. The minimum absolute atomic E-state index is 0.591. The molecule has 0 unspecified atom stereocenters. The summed E-state index contributed by atoms with van der Waals surface area (Å²) in [5.41, 5.74) is 9.28. The molecule has 0 fully saturated rings. The molecule has 0 spiro atoms. The quantitative estimate of drug-likeness (QED) is 0.164. The van der Waals surface area contributed by atoms with Gasteiger partial charge in [0.05, 0.1) is 0 Å². The summed E-state index contributed by atoms with van der Waals surface area (Å²) in [5.74, 6) is 1.83. The summed E-state index contributed by atoms with van der Waals surface area (Å²) < 4.78 is 8.89. The summed E-state index contributed by atoms with van der Waals surface area (Å²) in [6.45, 7) is 0. The van der Waals surface area contributed by atoms with Crippen molar-refractivity contribution < 1.29 is 4.42 Å². The number of fused-ring (bicyclic) bond motifs is 9. The molecule has 12 rings (SSSR count). The van der Waals surface area contributed by atoms with E-state index in [1.165, 1.54) is 42.4 Å². The number of aromatic nitrogens is 3. The van der Waals surface area contributed by atoms with Gasteiger partial charge in [-0.15, -0.1) is 11.3 Å². The van der Waals surface area contributed by atoms with Gasteiger partial charge in [0.25, 0.3) is 0 Å². The molecule has 9 aromatic carbocycles. The summed E-state index contributed by atoms with van der Waals surface area (Å²) in [4.78, 5) is 15.6. The summed E-state index contributed by atoms with van der Waals surface area (Å²) in [7, 11) is 0. The molecule has 58 heavy (non-hydrogen) atoms. The third kappa shape index (κ3) is 5.18. The molecule has 3 aromatic heterocycles. The first-order valence-corrected chi connectivity index (χ1v) is 20.2. The van der Waals surface area contributed by atoms with Crippen LogP contribution in [0.4, 0.5) is 0 Å². The van der Waals surface area contributed by atoms with Gasteiger partial charge in [-0.25, -0.2) is 15.0 Å². The van der Waals surface area contributed by atoms with Gasteiger partial charge in [-0.1, -0.05) is 164 Å². The Morgan fingerprint density at radius 2 is 0.914 bits per heavy atom. The predicted molar refractivity (Wildman–Crippen MR) is 242 cm³/mol. The van der Waals surface area contributed by atoms with E-state index < -0.39 is 0 Å². The van der Waals surface area contributed by atoms with Crippen LogP contribution >= 0.6 is 11.3 Å². The zero-order chi connectivity index (χ0) is 38.2. The molecule has 270 valence electrons. The molecule has 12 aromatic rings. The first kappa shape index (κ1) is 32.7. The molecule has 4 nitrogen and oxygen atoms in total. The third-order valence-electron chi connectivity index (χ3n) is 11.3. The van der Waals surface area contributed by atoms with E-state index in [4.69, 9.17) is 19.4 Å². The molecule has 0 radical (unpaired) electrons. The Morgan fingerprint density at radius 1 is 0.328 bits per heavy atom. The molecular weight excluding hydrogens is 727 g/mol. The zero-order valence-electron chi connectivity index (χ0n) is 31.1. The highest BCUT2D eigenvalue weighted by Crippen LogP contribution is 2.47. The van der Waals surface area contributed by atoms with E-state index in [9.17, 15) is 0 Å². The average Bonchev–Trinajstić information content (AvgIpc) is 3.87. The zero-order valence-corrected chi connectivity index (χ0v) is 31.9. The Morgan fingerprint density at radius 3 is 1.72 bits per heavy atom. The van der Waals surface area contributed by atoms with Crippen LogP contribution in [-0.4, -0.2) is 15.0 Å². The SMILES string of the molecule is c1ccc(-c2nc(-c3ccc4c(c3)oc3ccccc34)nc(-c3ccc(-c4cccc5c4sc4c(-c6ccccc6)cccc45)c4ccc5ccccc5c34)n2)cc1. The van der Waals surface area contributed by atoms with Crippen molar-refractivity contribution in [2.24, 2.45) is 0 Å². The third-order valence-corrected chi connectivity index (χ3v) is 12.6. The lowest BCUT2D eigenvalue weighted by molar-refractivity contribution is 0.669. The smallest absolute Gasteiger partial charge is 0.164 e. The van der Waals surface area contributed by atoms with E-state index >= 15 is 0 Å². The maximum absolute atomic E-state index is 6.31. The number of thiophene rings is 1. The molecule has 5 heteroatoms. The molecule has 0 N–H and O–H groups in total. The van der Waals surface area contributed by atoms with E-state index in [0.29, 0.717) is 17.5 Å². The second-order valence-corrected chi connectivity index (χ2v) is 15.7. The maximum Gasteiger partial charge on any atom is 0.164 e. The van der Waals surface area contributed by atoms with Crippen LogP contribution in [0.5, 0.6) is 0 Å². The molecule has 0 aliphatic carbocycles. The molecule has 0 bridgehead atoms. The van der Waals surface area contributed by atoms with Crippen molar-refractivity contribution in [1.29, 1.82) is 0 Å². The second-order valence-electron chi connectivity index (χ2n) is 14.7. The van der Waals surface area contributed by atoms with Gasteiger partial charge in [-0.05, 0) is 57.1 Å². The molecule has 0 saturated heterocycles. The minimum atomic E-state index is 0.591. The summed E-state index contributed by atoms with van der Waals surface area (Å²) in [6.07, 6.45) is 0. The number of hydrogen-bond donors (Lipinski definition) is 0. The van der Waals surface area contributed by atoms with Gasteiger partial charge >= 0.3 is 0 Å². The Bertz CT molecular complexity index is 3570. The van der Waals surface area contributed by atoms with E-state index in [2.05, 4.69) is 152 Å². The lowest BCUT2D eigenvalue weighted by atomic mass is 9.90. The van der Waals surface area contributed by atoms with Crippen LogP contribution in [-0.2, 0) is 0 Å². The number of para-hydroxylation sites is 1. The van der Waals surface area contributed by atoms with Gasteiger partial charge in [0.2, 0.25) is 0 Å². The number of furan rings is 1. The lowest BCUT2D eigenvalue weighted by Crippen LogP contribution is -2.01. The van der Waals surface area contributed by atoms with Gasteiger partial charge in [-0.3, -0.25) is 0 Å². The number of hydrogen-bond acceptors (Lipinski definition) is 5. The Balaban J connectivity index is 1.10. The summed E-state index contributed by atoms with van der Waals surface area (Å²) in [5, 5.41) is 9.28. The highest BCUT2D eigenvalue weighted by Gasteiger charge is 2.21. The largest absolute Gasteiger partial charge is 0.456 e. The topological polar surface area (TPSA) is 51.8 Å². The van der Waals surface area contributed by atoms with Crippen molar-refractivity contribution in [3.8, 4) is 56.4 Å². The van der Waals surface area contributed by atoms with Crippen molar-refractivity contribution >= 4 is 75.0 Å². The Labute approximate surface area is 337 Å². The number of benzene rings is 9. The van der Waals surface area contributed by atoms with Gasteiger partial charge in [0, 0.05) is 58.6 Å². The molecular formula is C53H31N3OS. The molecule has 0 amide bonds. The van der Waals surface area contributed by atoms with Crippen molar-refractivity contribution in [3.05, 3.63) is 188 Å². The van der Waals surface area contributed by atoms with Gasteiger partial charge in [0.1, 0.15) is 11.2 Å². The van der Waals surface area contributed by atoms with E-state index in [1.807, 2.05) is 47.7 Å². The van der Waals surface area contributed by atoms with Crippen molar-refractivity contribution in [3.63, 3.8) is 0 Å². The highest BCUT2D eigenvalue weighted by atomic mass is 32.1. The van der Waals surface area contributed by atoms with Crippen LogP contribution in [0.25, 0.3) is 120 Å². The fourth-order valence-electron chi connectivity index (χ4n) is 8.63. The molecule has 0 aliphatic rings. The number of rotatable bonds is 5. The van der Waals surface area contributed by atoms with Gasteiger partial charge in [-0.2, -0.15) is 0 Å². The normalized spacial score (nSPS) is 11.8. The summed E-state index contributed by atoms with van der Waals surface area (Å²) >= 11 is 1.88. The van der Waals surface area contributed by atoms with Crippen LogP contribution in [0.3, 0.4) is 0 Å². The van der Waals surface area contributed by atoms with Crippen LogP contribution in [0.2, 0.25) is 0 Å². The second kappa shape index (κ2) is 13.1. The Kier molecular flexibility index (Phi) is 7.37. The van der Waals surface area contributed by atoms with Crippen LogP contribution in [0.1, 0.15) is 0 Å². The highest BCUT2D eigenvalue weighted by molar-refractivity contribution is 7.26. The van der Waals surface area contributed by atoms with Crippen molar-refractivity contribution in [1.82, 2.24) is 15.0 Å². The maximum atomic E-state index is 6.31. The fraction of sp³-hybridized carbons (Fsp3) is 0. The standard InChI is InChI=1S/C53H31N3OS/c1-3-13-32(14-4-1)37-20-11-22-43-44-23-12-21-42(50(44)58-49(37)43)38-29-30-45(48-36-18-8-7-15-33(36)25-28-41(38)48)53-55-51(34-16-5-2-6-17-34)54-52(56-53)35-26-27-40-39-19-9-10-24-46(39)57-47(40)31-35/h1-31H. The fourth-order valence-corrected chi connectivity index (χ4v) is 10.00. The van der Waals surface area contributed by atoms with E-state index in [-0.39, 0.29) is 0 Å². The van der Waals surface area contributed by atoms with Crippen molar-refractivity contribution in [2.45, 2.75) is 0 Å². The summed E-state index contributed by atoms with van der Waals surface area (Å²) in [6, 6.07) is 66.3. The molecule has 0 atom stereocenters. The Hall–Kier alpha value is -7.47. The first-order valence-electron chi connectivity index (χ1n) is 19.4. The minimum Gasteiger partial charge on any atom is -0.456 e. The van der Waals surface area contributed by atoms with Crippen LogP contribution in [0, 0.1) is 0 Å². The van der Waals surface area contributed by atoms with Crippen LogP contribution in [0.15, 0.2) is 192 Å². The van der Waals surface area contributed by atoms with E-state index in [0.717, 1.165) is 60.2 Å². The van der Waals surface area contributed by atoms with Gasteiger partial charge in [0.15, 0.2) is 17.5 Å². The first-order chi connectivity index (χ1) is 28.7. The average molecular weight is 758 g/mol. The molecule has 0 saturated carbocycles. The van der Waals surface area contributed by atoms with Gasteiger partial charge < -0.3 is 4.42 Å². The predicted octanol–water partition coefficient (Wildman–Crippen LogP) is 14.8. The molecule has 0 aliphatic heterocycles. The molecule has 3 heterocycles.